The van der Waals surface area contributed by atoms with Crippen LogP contribution >= 0.6 is 0 Å². The summed E-state index contributed by atoms with van der Waals surface area (Å²) >= 11 is 0. The summed E-state index contributed by atoms with van der Waals surface area (Å²) < 4.78 is 26.8. The Hall–Kier alpha value is -2.38. The predicted molar refractivity (Wildman–Crippen MR) is 117 cm³/mol. The van der Waals surface area contributed by atoms with Gasteiger partial charge in [0.25, 0.3) is 0 Å². The van der Waals surface area contributed by atoms with Crippen LogP contribution in [0.1, 0.15) is 36.8 Å². The molecule has 0 amide bonds. The minimum absolute atomic E-state index is 0.363. The molecule has 1 fully saturated rings. The van der Waals surface area contributed by atoms with Gasteiger partial charge in [-0.15, -0.1) is 0 Å². The van der Waals surface area contributed by atoms with Crippen LogP contribution in [0.2, 0.25) is 0 Å². The Morgan fingerprint density at radius 2 is 1.69 bits per heavy atom. The molecular weight excluding hydrogens is 384 g/mol. The average Bonchev–Trinajstić information content (AvgIpc) is 3.30. The molecule has 156 valence electrons. The number of aliphatic imine (C=N–C) groups is 1. The van der Waals surface area contributed by atoms with Crippen molar-refractivity contribution in [2.45, 2.75) is 37.1 Å². The van der Waals surface area contributed by atoms with Gasteiger partial charge in [0, 0.05) is 33.2 Å². The fourth-order valence-corrected chi connectivity index (χ4v) is 4.93. The molecule has 2 aromatic carbocycles. The summed E-state index contributed by atoms with van der Waals surface area (Å²) in [6.45, 7) is 4.76. The molecule has 1 heterocycles. The molecule has 0 saturated carbocycles. The first-order chi connectivity index (χ1) is 14.0. The predicted octanol–water partition coefficient (Wildman–Crippen LogP) is 2.94. The Kier molecular flexibility index (Phi) is 7.28. The lowest BCUT2D eigenvalue weighted by Gasteiger charge is -2.17. The molecule has 2 aromatic rings. The van der Waals surface area contributed by atoms with Crippen molar-refractivity contribution in [3.8, 4) is 0 Å². The molecular formula is C22H30N4O2S. The smallest absolute Gasteiger partial charge is 0.243 e. The second kappa shape index (κ2) is 9.89. The number of guanidine groups is 1. The zero-order chi connectivity index (χ0) is 20.7. The summed E-state index contributed by atoms with van der Waals surface area (Å²) in [6, 6.07) is 17.5. The molecule has 0 aromatic heterocycles. The van der Waals surface area contributed by atoms with E-state index in [4.69, 9.17) is 0 Å². The quantitative estimate of drug-likeness (QED) is 0.540. The maximum absolute atomic E-state index is 12.6. The van der Waals surface area contributed by atoms with E-state index in [0.29, 0.717) is 30.4 Å². The Morgan fingerprint density at radius 1 is 1.03 bits per heavy atom. The maximum atomic E-state index is 12.6. The molecule has 1 atom stereocenters. The number of rotatable bonds is 7. The number of hydrogen-bond donors (Lipinski definition) is 2. The van der Waals surface area contributed by atoms with Gasteiger partial charge < -0.3 is 10.6 Å². The van der Waals surface area contributed by atoms with Crippen LogP contribution in [0, 0.1) is 0 Å². The van der Waals surface area contributed by atoms with Crippen molar-refractivity contribution < 1.29 is 8.42 Å². The van der Waals surface area contributed by atoms with E-state index in [1.165, 1.54) is 5.56 Å². The largest absolute Gasteiger partial charge is 0.356 e. The highest BCUT2D eigenvalue weighted by Crippen LogP contribution is 2.21. The molecule has 1 saturated heterocycles. The Labute approximate surface area is 174 Å². The molecule has 2 N–H and O–H groups in total. The molecule has 0 aliphatic carbocycles. The topological polar surface area (TPSA) is 73.8 Å². The van der Waals surface area contributed by atoms with Gasteiger partial charge in [0.1, 0.15) is 0 Å². The fourth-order valence-electron chi connectivity index (χ4n) is 3.41. The van der Waals surface area contributed by atoms with Crippen LogP contribution in [0.5, 0.6) is 0 Å². The highest BCUT2D eigenvalue weighted by Gasteiger charge is 2.26. The highest BCUT2D eigenvalue weighted by atomic mass is 32.2. The van der Waals surface area contributed by atoms with Crippen LogP contribution in [0.3, 0.4) is 0 Å². The number of hydrogen-bond acceptors (Lipinski definition) is 3. The SMILES string of the molecule is CN=C(NCc1ccc(S(=O)(=O)N2CCCC2)cc1)NCC(C)c1ccccc1. The Morgan fingerprint density at radius 3 is 2.31 bits per heavy atom. The zero-order valence-corrected chi connectivity index (χ0v) is 18.0. The molecule has 7 heteroatoms. The van der Waals surface area contributed by atoms with Gasteiger partial charge in [0.05, 0.1) is 4.90 Å². The van der Waals surface area contributed by atoms with Crippen molar-refractivity contribution in [2.24, 2.45) is 4.99 Å². The summed E-state index contributed by atoms with van der Waals surface area (Å²) in [6.07, 6.45) is 1.88. The third-order valence-electron chi connectivity index (χ3n) is 5.25. The van der Waals surface area contributed by atoms with Crippen molar-refractivity contribution in [1.82, 2.24) is 14.9 Å². The van der Waals surface area contributed by atoms with E-state index in [2.05, 4.69) is 34.7 Å². The van der Waals surface area contributed by atoms with Gasteiger partial charge in [0.15, 0.2) is 5.96 Å². The molecule has 29 heavy (non-hydrogen) atoms. The van der Waals surface area contributed by atoms with E-state index >= 15 is 0 Å². The number of nitrogens with one attached hydrogen (secondary N) is 2. The van der Waals surface area contributed by atoms with Gasteiger partial charge >= 0.3 is 0 Å². The van der Waals surface area contributed by atoms with Gasteiger partial charge in [0.2, 0.25) is 10.0 Å². The van der Waals surface area contributed by atoms with E-state index in [-0.39, 0.29) is 0 Å². The van der Waals surface area contributed by atoms with Crippen molar-refractivity contribution in [1.29, 1.82) is 0 Å². The zero-order valence-electron chi connectivity index (χ0n) is 17.1. The summed E-state index contributed by atoms with van der Waals surface area (Å²) in [5.41, 5.74) is 2.29. The van der Waals surface area contributed by atoms with Crippen LogP contribution < -0.4 is 10.6 Å². The summed E-state index contributed by atoms with van der Waals surface area (Å²) in [7, 11) is -1.61. The minimum atomic E-state index is -3.36. The van der Waals surface area contributed by atoms with E-state index < -0.39 is 10.0 Å². The van der Waals surface area contributed by atoms with Gasteiger partial charge in [-0.3, -0.25) is 4.99 Å². The molecule has 0 bridgehead atoms. The van der Waals surface area contributed by atoms with Crippen LogP contribution in [0.15, 0.2) is 64.5 Å². The number of sulfonamides is 1. The first kappa shape index (κ1) is 21.3. The van der Waals surface area contributed by atoms with Crippen LogP contribution in [-0.2, 0) is 16.6 Å². The number of nitrogens with zero attached hydrogens (tertiary/aromatic N) is 2. The van der Waals surface area contributed by atoms with Crippen molar-refractivity contribution in [3.63, 3.8) is 0 Å². The molecule has 0 spiro atoms. The Balaban J connectivity index is 1.52. The van der Waals surface area contributed by atoms with Crippen LogP contribution in [-0.4, -0.2) is 45.4 Å². The third kappa shape index (κ3) is 5.58. The second-order valence-corrected chi connectivity index (χ2v) is 9.31. The van der Waals surface area contributed by atoms with Crippen molar-refractivity contribution >= 4 is 16.0 Å². The van der Waals surface area contributed by atoms with E-state index in [1.807, 2.05) is 30.3 Å². The van der Waals surface area contributed by atoms with Gasteiger partial charge in [-0.2, -0.15) is 4.31 Å². The maximum Gasteiger partial charge on any atom is 0.243 e. The van der Waals surface area contributed by atoms with Crippen LogP contribution in [0.25, 0.3) is 0 Å². The second-order valence-electron chi connectivity index (χ2n) is 7.37. The molecule has 1 unspecified atom stereocenters. The standard InChI is InChI=1S/C22H30N4O2S/c1-18(20-8-4-3-5-9-20)16-24-22(23-2)25-17-19-10-12-21(13-11-19)29(27,28)26-14-6-7-15-26/h3-5,8-13,18H,6-7,14-17H2,1-2H3,(H2,23,24,25). The van der Waals surface area contributed by atoms with E-state index in [9.17, 15) is 8.42 Å². The Bertz CT molecular complexity index is 906. The first-order valence-electron chi connectivity index (χ1n) is 10.1. The highest BCUT2D eigenvalue weighted by molar-refractivity contribution is 7.89. The monoisotopic (exact) mass is 414 g/mol. The van der Waals surface area contributed by atoms with Gasteiger partial charge in [-0.25, -0.2) is 8.42 Å². The van der Waals surface area contributed by atoms with E-state index in [1.54, 1.807) is 23.5 Å². The molecule has 1 aliphatic heterocycles. The third-order valence-corrected chi connectivity index (χ3v) is 7.17. The summed E-state index contributed by atoms with van der Waals surface area (Å²) in [5, 5.41) is 6.63. The minimum Gasteiger partial charge on any atom is -0.356 e. The first-order valence-corrected chi connectivity index (χ1v) is 11.5. The fraction of sp³-hybridized carbons (Fsp3) is 0.409. The summed E-state index contributed by atoms with van der Waals surface area (Å²) in [5.74, 6) is 1.09. The summed E-state index contributed by atoms with van der Waals surface area (Å²) in [4.78, 5) is 4.63. The molecule has 3 rings (SSSR count). The normalized spacial score (nSPS) is 16.6. The molecule has 1 aliphatic rings. The molecule has 0 radical (unpaired) electrons. The number of benzene rings is 2. The average molecular weight is 415 g/mol. The van der Waals surface area contributed by atoms with Crippen molar-refractivity contribution in [3.05, 3.63) is 65.7 Å². The van der Waals surface area contributed by atoms with Gasteiger partial charge in [-0.05, 0) is 42.0 Å². The van der Waals surface area contributed by atoms with Crippen LogP contribution in [0.4, 0.5) is 0 Å². The lowest BCUT2D eigenvalue weighted by Crippen LogP contribution is -2.38. The lowest BCUT2D eigenvalue weighted by molar-refractivity contribution is 0.477. The van der Waals surface area contributed by atoms with Crippen molar-refractivity contribution in [2.75, 3.05) is 26.7 Å². The van der Waals surface area contributed by atoms with Gasteiger partial charge in [-0.1, -0.05) is 49.4 Å². The molecule has 6 nitrogen and oxygen atoms in total. The van der Waals surface area contributed by atoms with E-state index in [0.717, 1.165) is 30.9 Å². The lowest BCUT2D eigenvalue weighted by atomic mass is 10.0.